The molecule has 208 valence electrons. The Morgan fingerprint density at radius 1 is 0.850 bits per heavy atom. The number of carbonyl (C=O) groups is 3. The molecule has 0 atom stereocenters. The number of carboxylic acid groups (broad SMARTS) is 1. The first kappa shape index (κ1) is 28.6. The van der Waals surface area contributed by atoms with Gasteiger partial charge in [-0.2, -0.15) is 0 Å². The van der Waals surface area contributed by atoms with Gasteiger partial charge in [-0.3, -0.25) is 9.59 Å². The van der Waals surface area contributed by atoms with Gasteiger partial charge in [-0.25, -0.2) is 4.79 Å². The summed E-state index contributed by atoms with van der Waals surface area (Å²) in [6, 6.07) is 24.1. The monoisotopic (exact) mass is 540 g/mol. The molecule has 3 aromatic rings. The zero-order chi connectivity index (χ0) is 28.6. The molecule has 4 rings (SSSR count). The Morgan fingerprint density at radius 2 is 1.45 bits per heavy atom. The van der Waals surface area contributed by atoms with Gasteiger partial charge in [0, 0.05) is 37.5 Å². The van der Waals surface area contributed by atoms with Crippen LogP contribution in [-0.4, -0.2) is 44.2 Å². The zero-order valence-electron chi connectivity index (χ0n) is 23.2. The van der Waals surface area contributed by atoms with E-state index in [0.29, 0.717) is 32.2 Å². The predicted octanol–water partition coefficient (Wildman–Crippen LogP) is 6.03. The summed E-state index contributed by atoms with van der Waals surface area (Å²) >= 11 is 0. The van der Waals surface area contributed by atoms with Crippen molar-refractivity contribution in [3.63, 3.8) is 0 Å². The quantitative estimate of drug-likeness (QED) is 0.263. The number of carboxylic acids is 1. The minimum atomic E-state index is -0.788. The van der Waals surface area contributed by atoms with E-state index in [1.54, 1.807) is 11.0 Å². The SMILES string of the molecule is COC(=O)/C=C/c1cccc(N(Cc2ccc(-c3ccc(N(C)C)cc3)cc2)C(=O)C2CCC(C(=O)O)CC2)c1. The Hall–Kier alpha value is -4.39. The highest BCUT2D eigenvalue weighted by Gasteiger charge is 2.32. The van der Waals surface area contributed by atoms with E-state index < -0.39 is 11.9 Å². The van der Waals surface area contributed by atoms with Crippen LogP contribution >= 0.6 is 0 Å². The highest BCUT2D eigenvalue weighted by atomic mass is 16.5. The molecule has 3 aromatic carbocycles. The van der Waals surface area contributed by atoms with Gasteiger partial charge in [0.1, 0.15) is 0 Å². The fourth-order valence-corrected chi connectivity index (χ4v) is 5.07. The van der Waals surface area contributed by atoms with Crippen molar-refractivity contribution >= 4 is 35.3 Å². The van der Waals surface area contributed by atoms with Crippen molar-refractivity contribution in [3.05, 3.63) is 90.0 Å². The van der Waals surface area contributed by atoms with Crippen molar-refractivity contribution in [3.8, 4) is 11.1 Å². The van der Waals surface area contributed by atoms with Crippen LogP contribution in [0.5, 0.6) is 0 Å². The molecule has 7 heteroatoms. The number of rotatable bonds is 9. The Kier molecular flexibility index (Phi) is 9.38. The zero-order valence-corrected chi connectivity index (χ0v) is 23.2. The van der Waals surface area contributed by atoms with Crippen molar-refractivity contribution in [2.75, 3.05) is 31.0 Å². The van der Waals surface area contributed by atoms with Crippen LogP contribution < -0.4 is 9.80 Å². The summed E-state index contributed by atoms with van der Waals surface area (Å²) in [6.07, 6.45) is 5.12. The number of benzene rings is 3. The number of methoxy groups -OCH3 is 1. The van der Waals surface area contributed by atoms with Crippen LogP contribution in [0.3, 0.4) is 0 Å². The number of nitrogens with zero attached hydrogens (tertiary/aromatic N) is 2. The van der Waals surface area contributed by atoms with Gasteiger partial charge in [0.2, 0.25) is 5.91 Å². The number of aliphatic carboxylic acids is 1. The second-order valence-corrected chi connectivity index (χ2v) is 10.4. The van der Waals surface area contributed by atoms with Gasteiger partial charge in [0.05, 0.1) is 19.6 Å². The molecule has 0 radical (unpaired) electrons. The van der Waals surface area contributed by atoms with E-state index in [4.69, 9.17) is 4.74 Å². The van der Waals surface area contributed by atoms with Gasteiger partial charge in [-0.15, -0.1) is 0 Å². The summed E-state index contributed by atoms with van der Waals surface area (Å²) in [4.78, 5) is 40.7. The molecule has 1 aliphatic carbocycles. The van der Waals surface area contributed by atoms with E-state index in [-0.39, 0.29) is 17.7 Å². The number of anilines is 2. The van der Waals surface area contributed by atoms with Crippen LogP contribution in [-0.2, 0) is 25.7 Å². The molecule has 1 saturated carbocycles. The van der Waals surface area contributed by atoms with E-state index in [9.17, 15) is 19.5 Å². The highest BCUT2D eigenvalue weighted by Crippen LogP contribution is 2.33. The molecule has 7 nitrogen and oxygen atoms in total. The van der Waals surface area contributed by atoms with E-state index in [1.807, 2.05) is 50.5 Å². The summed E-state index contributed by atoms with van der Waals surface area (Å²) < 4.78 is 4.70. The van der Waals surface area contributed by atoms with E-state index >= 15 is 0 Å². The molecule has 1 aliphatic rings. The Morgan fingerprint density at radius 3 is 2.02 bits per heavy atom. The molecule has 0 heterocycles. The number of hydrogen-bond donors (Lipinski definition) is 1. The Balaban J connectivity index is 1.58. The maximum absolute atomic E-state index is 13.9. The lowest BCUT2D eigenvalue weighted by molar-refractivity contribution is -0.144. The lowest BCUT2D eigenvalue weighted by atomic mass is 9.81. The van der Waals surface area contributed by atoms with Gasteiger partial charge in [0.15, 0.2) is 0 Å². The standard InChI is InChI=1S/C33H36N2O5/c1-34(2)29-18-16-26(17-19-29)25-10-7-24(8-11-25)22-35(32(37)27-12-14-28(15-13-27)33(38)39)30-6-4-5-23(21-30)9-20-31(36)40-3/h4-11,16-21,27-28H,12-15,22H2,1-3H3,(H,38,39)/b20-9+. The van der Waals surface area contributed by atoms with Crippen LogP contribution in [0.4, 0.5) is 11.4 Å². The van der Waals surface area contributed by atoms with Crippen LogP contribution in [0.15, 0.2) is 78.9 Å². The third kappa shape index (κ3) is 7.17. The first-order valence-corrected chi connectivity index (χ1v) is 13.5. The topological polar surface area (TPSA) is 87.2 Å². The molecule has 0 saturated heterocycles. The minimum Gasteiger partial charge on any atom is -0.481 e. The molecule has 40 heavy (non-hydrogen) atoms. The predicted molar refractivity (Wildman–Crippen MR) is 158 cm³/mol. The smallest absolute Gasteiger partial charge is 0.330 e. The summed E-state index contributed by atoms with van der Waals surface area (Å²) in [5.41, 5.74) is 5.82. The second kappa shape index (κ2) is 13.1. The minimum absolute atomic E-state index is 0.0127. The number of esters is 1. The third-order valence-corrected chi connectivity index (χ3v) is 7.50. The maximum Gasteiger partial charge on any atom is 0.330 e. The van der Waals surface area contributed by atoms with Crippen molar-refractivity contribution in [1.29, 1.82) is 0 Å². The number of hydrogen-bond acceptors (Lipinski definition) is 5. The molecule has 0 unspecified atom stereocenters. The summed E-state index contributed by atoms with van der Waals surface area (Å²) in [7, 11) is 5.35. The summed E-state index contributed by atoms with van der Waals surface area (Å²) in [5.74, 6) is -1.88. The molecule has 1 N–H and O–H groups in total. The first-order valence-electron chi connectivity index (χ1n) is 13.5. The fraction of sp³-hybridized carbons (Fsp3) is 0.303. The van der Waals surface area contributed by atoms with Crippen LogP contribution in [0, 0.1) is 11.8 Å². The van der Waals surface area contributed by atoms with Crippen LogP contribution in [0.2, 0.25) is 0 Å². The lowest BCUT2D eigenvalue weighted by Crippen LogP contribution is -2.38. The van der Waals surface area contributed by atoms with E-state index in [2.05, 4.69) is 41.3 Å². The largest absolute Gasteiger partial charge is 0.481 e. The molecular formula is C33H36N2O5. The highest BCUT2D eigenvalue weighted by molar-refractivity contribution is 5.95. The molecule has 0 aromatic heterocycles. The Labute approximate surface area is 235 Å². The number of amides is 1. The molecule has 1 amide bonds. The van der Waals surface area contributed by atoms with Gasteiger partial charge in [-0.1, -0.05) is 48.5 Å². The second-order valence-electron chi connectivity index (χ2n) is 10.4. The molecule has 0 spiro atoms. The fourth-order valence-electron chi connectivity index (χ4n) is 5.07. The first-order chi connectivity index (χ1) is 19.2. The maximum atomic E-state index is 13.9. The van der Waals surface area contributed by atoms with Crippen molar-refractivity contribution in [1.82, 2.24) is 0 Å². The third-order valence-electron chi connectivity index (χ3n) is 7.50. The van der Waals surface area contributed by atoms with Gasteiger partial charge < -0.3 is 19.6 Å². The molecule has 0 aliphatic heterocycles. The Bertz CT molecular complexity index is 1350. The average molecular weight is 541 g/mol. The number of ether oxygens (including phenoxy) is 1. The van der Waals surface area contributed by atoms with Crippen molar-refractivity contribution in [2.45, 2.75) is 32.2 Å². The summed E-state index contributed by atoms with van der Waals surface area (Å²) in [6.45, 7) is 0.377. The summed E-state index contributed by atoms with van der Waals surface area (Å²) in [5, 5.41) is 9.39. The van der Waals surface area contributed by atoms with Crippen LogP contribution in [0.1, 0.15) is 36.8 Å². The number of carbonyl (C=O) groups excluding carboxylic acids is 2. The molecule has 1 fully saturated rings. The molecule has 0 bridgehead atoms. The lowest BCUT2D eigenvalue weighted by Gasteiger charge is -2.31. The van der Waals surface area contributed by atoms with E-state index in [0.717, 1.165) is 33.6 Å². The van der Waals surface area contributed by atoms with Gasteiger partial charge in [0.25, 0.3) is 0 Å². The van der Waals surface area contributed by atoms with E-state index in [1.165, 1.54) is 13.2 Å². The average Bonchev–Trinajstić information content (AvgIpc) is 2.98. The molecular weight excluding hydrogens is 504 g/mol. The van der Waals surface area contributed by atoms with Crippen LogP contribution in [0.25, 0.3) is 17.2 Å². The van der Waals surface area contributed by atoms with Crippen molar-refractivity contribution in [2.24, 2.45) is 11.8 Å². The van der Waals surface area contributed by atoms with Gasteiger partial charge >= 0.3 is 11.9 Å². The normalized spacial score (nSPS) is 16.9. The van der Waals surface area contributed by atoms with Gasteiger partial charge in [-0.05, 0) is 78.3 Å². The van der Waals surface area contributed by atoms with Crippen molar-refractivity contribution < 1.29 is 24.2 Å².